The molecule has 0 saturated carbocycles. The van der Waals surface area contributed by atoms with Gasteiger partial charge in [-0.15, -0.1) is 0 Å². The lowest BCUT2D eigenvalue weighted by Crippen LogP contribution is -1.97. The molecule has 17 heavy (non-hydrogen) atoms. The van der Waals surface area contributed by atoms with E-state index in [9.17, 15) is 4.39 Å². The van der Waals surface area contributed by atoms with Crippen molar-refractivity contribution in [3.05, 3.63) is 36.3 Å². The van der Waals surface area contributed by atoms with Gasteiger partial charge in [-0.1, -0.05) is 0 Å². The quantitative estimate of drug-likeness (QED) is 0.666. The molecule has 0 bridgehead atoms. The number of fused-ring (bicyclic) bond motifs is 1. The standard InChI is InChI=1S/C11H8FN5/c12-7-3-1-6(2-4-7)9-8-5-14-17-10(8)16-11(13)15-9/h1-5H,(H3,13,14,15,16,17). The van der Waals surface area contributed by atoms with Crippen molar-refractivity contribution in [3.63, 3.8) is 0 Å². The summed E-state index contributed by atoms with van der Waals surface area (Å²) in [5.74, 6) is -0.139. The summed E-state index contributed by atoms with van der Waals surface area (Å²) in [4.78, 5) is 8.17. The van der Waals surface area contributed by atoms with Crippen molar-refractivity contribution in [3.8, 4) is 11.3 Å². The highest BCUT2D eigenvalue weighted by atomic mass is 19.1. The number of benzene rings is 1. The van der Waals surface area contributed by atoms with Crippen LogP contribution in [-0.4, -0.2) is 20.2 Å². The van der Waals surface area contributed by atoms with Crippen LogP contribution in [0.1, 0.15) is 0 Å². The minimum atomic E-state index is -0.292. The first-order chi connectivity index (χ1) is 8.24. The molecular formula is C11H8FN5. The Balaban J connectivity index is 2.28. The minimum Gasteiger partial charge on any atom is -0.368 e. The van der Waals surface area contributed by atoms with Gasteiger partial charge in [-0.2, -0.15) is 10.1 Å². The van der Waals surface area contributed by atoms with E-state index in [1.807, 2.05) is 0 Å². The first-order valence-corrected chi connectivity index (χ1v) is 4.96. The summed E-state index contributed by atoms with van der Waals surface area (Å²) < 4.78 is 12.9. The lowest BCUT2D eigenvalue weighted by molar-refractivity contribution is 0.628. The number of aromatic nitrogens is 4. The van der Waals surface area contributed by atoms with Gasteiger partial charge in [-0.3, -0.25) is 5.10 Å². The van der Waals surface area contributed by atoms with E-state index in [-0.39, 0.29) is 11.8 Å². The Kier molecular flexibility index (Phi) is 2.01. The number of nitrogen functional groups attached to an aromatic ring is 1. The summed E-state index contributed by atoms with van der Waals surface area (Å²) in [5.41, 5.74) is 7.58. The third kappa shape index (κ3) is 1.59. The van der Waals surface area contributed by atoms with Crippen molar-refractivity contribution in [1.29, 1.82) is 0 Å². The predicted octanol–water partition coefficient (Wildman–Crippen LogP) is 1.74. The second-order valence-corrected chi connectivity index (χ2v) is 3.57. The van der Waals surface area contributed by atoms with Gasteiger partial charge in [0.25, 0.3) is 0 Å². The third-order valence-corrected chi connectivity index (χ3v) is 2.44. The van der Waals surface area contributed by atoms with Crippen molar-refractivity contribution < 1.29 is 4.39 Å². The van der Waals surface area contributed by atoms with E-state index >= 15 is 0 Å². The van der Waals surface area contributed by atoms with Crippen LogP contribution in [0.5, 0.6) is 0 Å². The Bertz CT molecular complexity index is 674. The second kappa shape index (κ2) is 3.51. The molecule has 0 amide bonds. The van der Waals surface area contributed by atoms with E-state index in [1.54, 1.807) is 18.3 Å². The number of nitrogens with zero attached hydrogens (tertiary/aromatic N) is 3. The normalized spacial score (nSPS) is 10.9. The Hall–Kier alpha value is -2.50. The molecule has 0 unspecified atom stereocenters. The fourth-order valence-corrected chi connectivity index (χ4v) is 1.68. The van der Waals surface area contributed by atoms with Gasteiger partial charge in [0.05, 0.1) is 17.3 Å². The van der Waals surface area contributed by atoms with E-state index < -0.39 is 0 Å². The first kappa shape index (κ1) is 9.71. The second-order valence-electron chi connectivity index (χ2n) is 3.57. The highest BCUT2D eigenvalue weighted by Crippen LogP contribution is 2.25. The van der Waals surface area contributed by atoms with Gasteiger partial charge >= 0.3 is 0 Å². The minimum absolute atomic E-state index is 0.154. The zero-order chi connectivity index (χ0) is 11.8. The molecule has 0 spiro atoms. The molecule has 3 rings (SSSR count). The van der Waals surface area contributed by atoms with Gasteiger partial charge < -0.3 is 5.73 Å². The van der Waals surface area contributed by atoms with Gasteiger partial charge in [0.2, 0.25) is 5.95 Å². The van der Waals surface area contributed by atoms with Gasteiger partial charge in [0.1, 0.15) is 5.82 Å². The summed E-state index contributed by atoms with van der Waals surface area (Å²) in [6, 6.07) is 6.03. The fraction of sp³-hybridized carbons (Fsp3) is 0. The van der Waals surface area contributed by atoms with E-state index in [0.717, 1.165) is 10.9 Å². The molecule has 0 radical (unpaired) electrons. The molecule has 0 saturated heterocycles. The lowest BCUT2D eigenvalue weighted by atomic mass is 10.1. The van der Waals surface area contributed by atoms with Gasteiger partial charge in [-0.25, -0.2) is 9.37 Å². The topological polar surface area (TPSA) is 80.5 Å². The highest BCUT2D eigenvalue weighted by Gasteiger charge is 2.09. The highest BCUT2D eigenvalue weighted by molar-refractivity contribution is 5.90. The number of hydrogen-bond acceptors (Lipinski definition) is 4. The molecule has 3 N–H and O–H groups in total. The maximum Gasteiger partial charge on any atom is 0.222 e. The summed E-state index contributed by atoms with van der Waals surface area (Å²) in [6.07, 6.45) is 1.62. The zero-order valence-corrected chi connectivity index (χ0v) is 8.68. The molecule has 0 aliphatic rings. The Morgan fingerprint density at radius 3 is 2.65 bits per heavy atom. The molecule has 2 heterocycles. The molecule has 1 aromatic carbocycles. The van der Waals surface area contributed by atoms with Crippen LogP contribution in [0.3, 0.4) is 0 Å². The maximum absolute atomic E-state index is 12.9. The Morgan fingerprint density at radius 2 is 1.88 bits per heavy atom. The number of H-pyrrole nitrogens is 1. The van der Waals surface area contributed by atoms with Crippen LogP contribution in [-0.2, 0) is 0 Å². The predicted molar refractivity (Wildman–Crippen MR) is 61.5 cm³/mol. The lowest BCUT2D eigenvalue weighted by Gasteiger charge is -2.02. The zero-order valence-electron chi connectivity index (χ0n) is 8.68. The molecule has 0 aliphatic heterocycles. The van der Waals surface area contributed by atoms with Gasteiger partial charge in [0.15, 0.2) is 5.65 Å². The third-order valence-electron chi connectivity index (χ3n) is 2.44. The summed E-state index contributed by atoms with van der Waals surface area (Å²) >= 11 is 0. The monoisotopic (exact) mass is 229 g/mol. The molecule has 2 aromatic heterocycles. The first-order valence-electron chi connectivity index (χ1n) is 4.96. The molecule has 0 atom stereocenters. The van der Waals surface area contributed by atoms with E-state index in [1.165, 1.54) is 12.1 Å². The number of halogens is 1. The van der Waals surface area contributed by atoms with Crippen LogP contribution in [0, 0.1) is 5.82 Å². The van der Waals surface area contributed by atoms with Crippen LogP contribution < -0.4 is 5.73 Å². The van der Waals surface area contributed by atoms with Gasteiger partial charge in [-0.05, 0) is 24.3 Å². The summed E-state index contributed by atoms with van der Waals surface area (Å²) in [5, 5.41) is 7.37. The number of nitrogens with two attached hydrogens (primary N) is 1. The smallest absolute Gasteiger partial charge is 0.222 e. The molecule has 84 valence electrons. The van der Waals surface area contributed by atoms with Crippen LogP contribution in [0.2, 0.25) is 0 Å². The van der Waals surface area contributed by atoms with E-state index in [2.05, 4.69) is 20.2 Å². The molecule has 0 fully saturated rings. The van der Waals surface area contributed by atoms with E-state index in [4.69, 9.17) is 5.73 Å². The number of hydrogen-bond donors (Lipinski definition) is 2. The fourth-order valence-electron chi connectivity index (χ4n) is 1.68. The molecule has 3 aromatic rings. The average Bonchev–Trinajstić information content (AvgIpc) is 2.77. The van der Waals surface area contributed by atoms with Gasteiger partial charge in [0, 0.05) is 5.56 Å². The van der Waals surface area contributed by atoms with Crippen LogP contribution >= 0.6 is 0 Å². The summed E-state index contributed by atoms with van der Waals surface area (Å²) in [6.45, 7) is 0. The van der Waals surface area contributed by atoms with Crippen LogP contribution in [0.15, 0.2) is 30.5 Å². The number of nitrogens with one attached hydrogen (secondary N) is 1. The maximum atomic E-state index is 12.9. The number of anilines is 1. The van der Waals surface area contributed by atoms with Crippen LogP contribution in [0.25, 0.3) is 22.3 Å². The van der Waals surface area contributed by atoms with Crippen molar-refractivity contribution in [2.24, 2.45) is 0 Å². The molecule has 5 nitrogen and oxygen atoms in total. The summed E-state index contributed by atoms with van der Waals surface area (Å²) in [7, 11) is 0. The van der Waals surface area contributed by atoms with Crippen molar-refractivity contribution in [2.75, 3.05) is 5.73 Å². The number of rotatable bonds is 1. The van der Waals surface area contributed by atoms with Crippen LogP contribution in [0.4, 0.5) is 10.3 Å². The average molecular weight is 229 g/mol. The largest absolute Gasteiger partial charge is 0.368 e. The van der Waals surface area contributed by atoms with Crippen molar-refractivity contribution in [1.82, 2.24) is 20.2 Å². The van der Waals surface area contributed by atoms with Crippen molar-refractivity contribution >= 4 is 17.0 Å². The van der Waals surface area contributed by atoms with Crippen molar-refractivity contribution in [2.45, 2.75) is 0 Å². The SMILES string of the molecule is Nc1nc(-c2ccc(F)cc2)c2cn[nH]c2n1. The number of aromatic amines is 1. The van der Waals surface area contributed by atoms with E-state index in [0.29, 0.717) is 11.3 Å². The Labute approximate surface area is 95.5 Å². The molecular weight excluding hydrogens is 221 g/mol. The molecule has 0 aliphatic carbocycles. The molecule has 6 heteroatoms. The Morgan fingerprint density at radius 1 is 1.12 bits per heavy atom.